The van der Waals surface area contributed by atoms with Crippen LogP contribution in [0.4, 0.5) is 5.69 Å². The highest BCUT2D eigenvalue weighted by molar-refractivity contribution is 7.11. The molecule has 0 fully saturated rings. The summed E-state index contributed by atoms with van der Waals surface area (Å²) in [6, 6.07) is 18.9. The van der Waals surface area contributed by atoms with Crippen molar-refractivity contribution in [3.63, 3.8) is 0 Å². The van der Waals surface area contributed by atoms with Crippen molar-refractivity contribution in [3.05, 3.63) is 76.2 Å². The number of nitrogens with one attached hydrogen (secondary N) is 1. The molecule has 0 spiro atoms. The number of rotatable bonds is 6. The summed E-state index contributed by atoms with van der Waals surface area (Å²) in [5, 5.41) is 15.5. The van der Waals surface area contributed by atoms with E-state index in [-0.39, 0.29) is 0 Å². The van der Waals surface area contributed by atoms with Crippen molar-refractivity contribution in [2.45, 2.75) is 33.1 Å². The van der Waals surface area contributed by atoms with Gasteiger partial charge in [0.2, 0.25) is 0 Å². The molecule has 3 nitrogen and oxygen atoms in total. The highest BCUT2D eigenvalue weighted by atomic mass is 32.1. The molecule has 27 heavy (non-hydrogen) atoms. The molecule has 0 saturated carbocycles. The number of nitrogens with zero attached hydrogens (tertiary/aromatic N) is 2. The molecule has 4 heteroatoms. The lowest BCUT2D eigenvalue weighted by Gasteiger charge is -2.06. The van der Waals surface area contributed by atoms with Crippen LogP contribution in [0.15, 0.2) is 60.1 Å². The van der Waals surface area contributed by atoms with E-state index in [4.69, 9.17) is 0 Å². The van der Waals surface area contributed by atoms with Gasteiger partial charge in [0, 0.05) is 22.8 Å². The molecule has 0 atom stereocenters. The van der Waals surface area contributed by atoms with E-state index in [1.54, 1.807) is 6.20 Å². The summed E-state index contributed by atoms with van der Waals surface area (Å²) in [5.74, 6) is 0.504. The van der Waals surface area contributed by atoms with Crippen molar-refractivity contribution in [3.8, 4) is 17.3 Å². The molecule has 1 aromatic heterocycles. The molecule has 0 unspecified atom stereocenters. The van der Waals surface area contributed by atoms with Crippen LogP contribution < -0.4 is 5.32 Å². The van der Waals surface area contributed by atoms with Crippen molar-refractivity contribution in [1.82, 2.24) is 4.98 Å². The van der Waals surface area contributed by atoms with E-state index in [0.29, 0.717) is 11.5 Å². The predicted molar refractivity (Wildman–Crippen MR) is 115 cm³/mol. The third-order valence-electron chi connectivity index (χ3n) is 4.47. The average molecular weight is 374 g/mol. The van der Waals surface area contributed by atoms with Gasteiger partial charge in [0.25, 0.3) is 0 Å². The fourth-order valence-corrected chi connectivity index (χ4v) is 3.50. The van der Waals surface area contributed by atoms with Crippen molar-refractivity contribution >= 4 is 22.6 Å². The van der Waals surface area contributed by atoms with Crippen LogP contribution in [0.5, 0.6) is 0 Å². The van der Waals surface area contributed by atoms with E-state index in [9.17, 15) is 5.26 Å². The van der Waals surface area contributed by atoms with Crippen LogP contribution in [-0.4, -0.2) is 4.98 Å². The monoisotopic (exact) mass is 373 g/mol. The number of nitriles is 1. The van der Waals surface area contributed by atoms with Gasteiger partial charge in [0.05, 0.1) is 5.69 Å². The summed E-state index contributed by atoms with van der Waals surface area (Å²) in [6.45, 7) is 6.49. The molecule has 1 heterocycles. The molecule has 0 radical (unpaired) electrons. The number of benzene rings is 2. The SMILES string of the molecule is CCc1ccc(-c2csc(C(C#N)=CNc3ccc(C(C)C)cc3)n2)cc1. The van der Waals surface area contributed by atoms with Crippen LogP contribution >= 0.6 is 11.3 Å². The second-order valence-corrected chi connectivity index (χ2v) is 7.54. The Morgan fingerprint density at radius 2 is 1.85 bits per heavy atom. The molecular weight excluding hydrogens is 350 g/mol. The number of aromatic nitrogens is 1. The Hall–Kier alpha value is -2.90. The van der Waals surface area contributed by atoms with Gasteiger partial charge in [-0.2, -0.15) is 5.26 Å². The van der Waals surface area contributed by atoms with Crippen LogP contribution in [0.3, 0.4) is 0 Å². The minimum absolute atomic E-state index is 0.504. The number of hydrogen-bond donors (Lipinski definition) is 1. The summed E-state index contributed by atoms with van der Waals surface area (Å²) in [7, 11) is 0. The van der Waals surface area contributed by atoms with Crippen LogP contribution in [-0.2, 0) is 6.42 Å². The summed E-state index contributed by atoms with van der Waals surface area (Å²) >= 11 is 1.49. The smallest absolute Gasteiger partial charge is 0.136 e. The van der Waals surface area contributed by atoms with E-state index in [1.807, 2.05) is 17.5 Å². The fraction of sp³-hybridized carbons (Fsp3) is 0.217. The van der Waals surface area contributed by atoms with Crippen molar-refractivity contribution in [2.75, 3.05) is 5.32 Å². The number of allylic oxidation sites excluding steroid dienone is 1. The number of hydrogen-bond acceptors (Lipinski definition) is 4. The van der Waals surface area contributed by atoms with E-state index in [0.717, 1.165) is 28.4 Å². The number of anilines is 1. The van der Waals surface area contributed by atoms with Gasteiger partial charge in [-0.1, -0.05) is 57.2 Å². The maximum atomic E-state index is 9.53. The summed E-state index contributed by atoms with van der Waals surface area (Å²) in [6.07, 6.45) is 2.75. The Morgan fingerprint density at radius 3 is 2.44 bits per heavy atom. The minimum Gasteiger partial charge on any atom is -0.360 e. The first-order chi connectivity index (χ1) is 13.1. The molecule has 2 aromatic carbocycles. The molecular formula is C23H23N3S. The predicted octanol–water partition coefficient (Wildman–Crippen LogP) is 6.47. The zero-order valence-electron chi connectivity index (χ0n) is 15.9. The van der Waals surface area contributed by atoms with Gasteiger partial charge in [-0.15, -0.1) is 11.3 Å². The lowest BCUT2D eigenvalue weighted by molar-refractivity contribution is 0.867. The van der Waals surface area contributed by atoms with Gasteiger partial charge in [0.15, 0.2) is 0 Å². The maximum absolute atomic E-state index is 9.53. The Bertz CT molecular complexity index is 958. The zero-order valence-corrected chi connectivity index (χ0v) is 16.7. The van der Waals surface area contributed by atoms with Gasteiger partial charge in [-0.05, 0) is 35.6 Å². The van der Waals surface area contributed by atoms with Gasteiger partial charge >= 0.3 is 0 Å². The quantitative estimate of drug-likeness (QED) is 0.504. The highest BCUT2D eigenvalue weighted by Gasteiger charge is 2.09. The Balaban J connectivity index is 1.76. The molecule has 3 rings (SSSR count). The molecule has 1 N–H and O–H groups in total. The Kier molecular flexibility index (Phi) is 6.05. The standard InChI is InChI=1S/C23H23N3S/c1-4-17-5-7-19(8-6-17)22-15-27-23(26-22)20(13-24)14-25-21-11-9-18(10-12-21)16(2)3/h5-12,14-16,25H,4H2,1-3H3. The third kappa shape index (κ3) is 4.64. The van der Waals surface area contributed by atoms with Crippen molar-refractivity contribution < 1.29 is 0 Å². The molecule has 0 bridgehead atoms. The minimum atomic E-state index is 0.504. The van der Waals surface area contributed by atoms with E-state index < -0.39 is 0 Å². The largest absolute Gasteiger partial charge is 0.360 e. The lowest BCUT2D eigenvalue weighted by Crippen LogP contribution is -1.92. The highest BCUT2D eigenvalue weighted by Crippen LogP contribution is 2.26. The number of thiazole rings is 1. The maximum Gasteiger partial charge on any atom is 0.136 e. The fourth-order valence-electron chi connectivity index (χ4n) is 2.70. The molecule has 0 saturated heterocycles. The lowest BCUT2D eigenvalue weighted by atomic mass is 10.0. The van der Waals surface area contributed by atoms with Gasteiger partial charge < -0.3 is 5.32 Å². The van der Waals surface area contributed by atoms with Gasteiger partial charge in [-0.25, -0.2) is 4.98 Å². The molecule has 0 amide bonds. The van der Waals surface area contributed by atoms with Crippen LogP contribution in [0.25, 0.3) is 16.8 Å². The van der Waals surface area contributed by atoms with E-state index in [2.05, 4.69) is 73.5 Å². The van der Waals surface area contributed by atoms with Crippen LogP contribution in [0.1, 0.15) is 42.8 Å². The topological polar surface area (TPSA) is 48.7 Å². The molecule has 0 aliphatic rings. The molecule has 136 valence electrons. The third-order valence-corrected chi connectivity index (χ3v) is 5.35. The first-order valence-corrected chi connectivity index (χ1v) is 10.0. The summed E-state index contributed by atoms with van der Waals surface area (Å²) in [4.78, 5) is 4.64. The molecule has 0 aliphatic carbocycles. The molecule has 3 aromatic rings. The summed E-state index contributed by atoms with van der Waals surface area (Å²) in [5.41, 5.74) is 6.07. The normalized spacial score (nSPS) is 11.4. The average Bonchev–Trinajstić information content (AvgIpc) is 3.19. The van der Waals surface area contributed by atoms with Crippen molar-refractivity contribution in [1.29, 1.82) is 5.26 Å². The van der Waals surface area contributed by atoms with E-state index in [1.165, 1.54) is 22.5 Å². The number of aryl methyl sites for hydroxylation is 1. The first kappa shape index (κ1) is 18.9. The van der Waals surface area contributed by atoms with Crippen LogP contribution in [0, 0.1) is 11.3 Å². The molecule has 0 aliphatic heterocycles. The van der Waals surface area contributed by atoms with Crippen molar-refractivity contribution in [2.24, 2.45) is 0 Å². The first-order valence-electron chi connectivity index (χ1n) is 9.12. The van der Waals surface area contributed by atoms with Gasteiger partial charge in [0.1, 0.15) is 16.6 Å². The van der Waals surface area contributed by atoms with E-state index >= 15 is 0 Å². The Morgan fingerprint density at radius 1 is 1.15 bits per heavy atom. The van der Waals surface area contributed by atoms with Gasteiger partial charge in [-0.3, -0.25) is 0 Å². The Labute approximate surface area is 165 Å². The summed E-state index contributed by atoms with van der Waals surface area (Å²) < 4.78 is 0. The zero-order chi connectivity index (χ0) is 19.2. The second-order valence-electron chi connectivity index (χ2n) is 6.68. The second kappa shape index (κ2) is 8.66. The van der Waals surface area contributed by atoms with Crippen LogP contribution in [0.2, 0.25) is 0 Å².